The van der Waals surface area contributed by atoms with Crippen molar-refractivity contribution < 1.29 is 4.74 Å². The van der Waals surface area contributed by atoms with Crippen molar-refractivity contribution in [3.8, 4) is 5.88 Å². The maximum absolute atomic E-state index is 11.4. The third-order valence-electron chi connectivity index (χ3n) is 3.01. The molecule has 1 aromatic heterocycles. The van der Waals surface area contributed by atoms with Crippen LogP contribution in [0.4, 0.5) is 0 Å². The number of nitrogens with one attached hydrogen (secondary N) is 1. The lowest BCUT2D eigenvalue weighted by atomic mass is 9.89. The molecule has 16 heavy (non-hydrogen) atoms. The summed E-state index contributed by atoms with van der Waals surface area (Å²) in [6.45, 7) is 2.27. The van der Waals surface area contributed by atoms with E-state index in [9.17, 15) is 4.79 Å². The van der Waals surface area contributed by atoms with Crippen LogP contribution in [0.5, 0.6) is 5.88 Å². The number of halogens is 1. The number of H-pyrrole nitrogens is 1. The van der Waals surface area contributed by atoms with E-state index in [2.05, 4.69) is 16.9 Å². The first kappa shape index (κ1) is 11.9. The minimum Gasteiger partial charge on any atom is -0.473 e. The Morgan fingerprint density at radius 3 is 2.81 bits per heavy atom. The van der Waals surface area contributed by atoms with Crippen molar-refractivity contribution in [1.29, 1.82) is 0 Å². The molecule has 0 bridgehead atoms. The Balaban J connectivity index is 2.04. The molecule has 0 aromatic carbocycles. The molecule has 4 nitrogen and oxygen atoms in total. The summed E-state index contributed by atoms with van der Waals surface area (Å²) in [5.74, 6) is 1.27. The Kier molecular flexibility index (Phi) is 3.83. The van der Waals surface area contributed by atoms with Crippen LogP contribution in [0, 0.1) is 9.49 Å². The molecule has 5 heteroatoms. The van der Waals surface area contributed by atoms with Gasteiger partial charge in [0.15, 0.2) is 0 Å². The average molecular weight is 334 g/mol. The van der Waals surface area contributed by atoms with Gasteiger partial charge in [0, 0.05) is 0 Å². The zero-order valence-corrected chi connectivity index (χ0v) is 11.4. The quantitative estimate of drug-likeness (QED) is 0.845. The third-order valence-corrected chi connectivity index (χ3v) is 3.96. The summed E-state index contributed by atoms with van der Waals surface area (Å²) in [7, 11) is 0. The summed E-state index contributed by atoms with van der Waals surface area (Å²) in [5, 5.41) is 0. The molecule has 0 radical (unpaired) electrons. The third kappa shape index (κ3) is 2.75. The van der Waals surface area contributed by atoms with E-state index >= 15 is 0 Å². The molecule has 1 aliphatic rings. The largest absolute Gasteiger partial charge is 0.473 e. The summed E-state index contributed by atoms with van der Waals surface area (Å²) in [6, 6.07) is 0. The van der Waals surface area contributed by atoms with Crippen LogP contribution >= 0.6 is 22.6 Å². The second kappa shape index (κ2) is 5.16. The van der Waals surface area contributed by atoms with Gasteiger partial charge in [0.05, 0.1) is 6.33 Å². The van der Waals surface area contributed by atoms with Crippen molar-refractivity contribution in [2.24, 2.45) is 5.92 Å². The zero-order valence-electron chi connectivity index (χ0n) is 9.20. The van der Waals surface area contributed by atoms with Crippen LogP contribution in [0.15, 0.2) is 11.1 Å². The number of aromatic nitrogens is 2. The number of rotatable bonds is 2. The highest BCUT2D eigenvalue weighted by atomic mass is 127. The fourth-order valence-electron chi connectivity index (χ4n) is 1.95. The Hall–Kier alpha value is -0.590. The Labute approximate surface area is 108 Å². The van der Waals surface area contributed by atoms with Gasteiger partial charge in [-0.2, -0.15) is 0 Å². The van der Waals surface area contributed by atoms with E-state index < -0.39 is 0 Å². The molecular formula is C11H15IN2O2. The summed E-state index contributed by atoms with van der Waals surface area (Å²) in [6.07, 6.45) is 6.14. The maximum atomic E-state index is 11.4. The number of nitrogens with zero attached hydrogens (tertiary/aromatic N) is 1. The lowest BCUT2D eigenvalue weighted by molar-refractivity contribution is 0.128. The number of hydrogen-bond acceptors (Lipinski definition) is 3. The smallest absolute Gasteiger partial charge is 0.268 e. The van der Waals surface area contributed by atoms with Crippen LogP contribution in [-0.4, -0.2) is 16.1 Å². The molecule has 1 aliphatic carbocycles. The molecule has 0 aliphatic heterocycles. The predicted octanol–water partition coefficient (Wildman–Crippen LogP) is 2.33. The van der Waals surface area contributed by atoms with Crippen LogP contribution in [0.1, 0.15) is 32.6 Å². The molecule has 1 aromatic rings. The first-order chi connectivity index (χ1) is 7.66. The van der Waals surface area contributed by atoms with Crippen LogP contribution in [-0.2, 0) is 0 Å². The van der Waals surface area contributed by atoms with Gasteiger partial charge in [0.25, 0.3) is 5.56 Å². The summed E-state index contributed by atoms with van der Waals surface area (Å²) >= 11 is 1.97. The van der Waals surface area contributed by atoms with E-state index in [1.165, 1.54) is 19.2 Å². The van der Waals surface area contributed by atoms with Crippen molar-refractivity contribution in [3.63, 3.8) is 0 Å². The average Bonchev–Trinajstić information content (AvgIpc) is 2.28. The van der Waals surface area contributed by atoms with Crippen molar-refractivity contribution in [1.82, 2.24) is 9.97 Å². The van der Waals surface area contributed by atoms with Crippen molar-refractivity contribution in [2.75, 3.05) is 0 Å². The van der Waals surface area contributed by atoms with Crippen molar-refractivity contribution >= 4 is 22.6 Å². The van der Waals surface area contributed by atoms with Gasteiger partial charge >= 0.3 is 0 Å². The highest BCUT2D eigenvalue weighted by Crippen LogP contribution is 2.27. The fourth-order valence-corrected chi connectivity index (χ4v) is 2.38. The standard InChI is InChI=1S/C11H15IN2O2/c1-7-2-4-8(5-3-7)16-11-9(12)10(15)13-6-14-11/h6-8H,2-5H2,1H3,(H,13,14,15). The SMILES string of the molecule is CC1CCC(Oc2nc[nH]c(=O)c2I)CC1. The second-order valence-electron chi connectivity index (χ2n) is 4.35. The maximum Gasteiger partial charge on any atom is 0.268 e. The Morgan fingerprint density at radius 2 is 2.12 bits per heavy atom. The van der Waals surface area contributed by atoms with Crippen LogP contribution in [0.25, 0.3) is 0 Å². The second-order valence-corrected chi connectivity index (χ2v) is 5.43. The molecule has 88 valence electrons. The van der Waals surface area contributed by atoms with Gasteiger partial charge in [0.2, 0.25) is 5.88 Å². The van der Waals surface area contributed by atoms with Gasteiger partial charge in [-0.3, -0.25) is 4.79 Å². The fraction of sp³-hybridized carbons (Fsp3) is 0.636. The van der Waals surface area contributed by atoms with Gasteiger partial charge < -0.3 is 9.72 Å². The summed E-state index contributed by atoms with van der Waals surface area (Å²) in [5.41, 5.74) is -0.130. The zero-order chi connectivity index (χ0) is 11.5. The number of ether oxygens (including phenoxy) is 1. The molecular weight excluding hydrogens is 319 g/mol. The van der Waals surface area contributed by atoms with E-state index in [-0.39, 0.29) is 11.7 Å². The highest BCUT2D eigenvalue weighted by Gasteiger charge is 2.21. The van der Waals surface area contributed by atoms with Crippen LogP contribution in [0.2, 0.25) is 0 Å². The molecule has 0 spiro atoms. The number of hydrogen-bond donors (Lipinski definition) is 1. The molecule has 1 fully saturated rings. The normalized spacial score (nSPS) is 25.4. The van der Waals surface area contributed by atoms with E-state index in [1.807, 2.05) is 22.6 Å². The van der Waals surface area contributed by atoms with Gasteiger partial charge in [0.1, 0.15) is 9.67 Å². The van der Waals surface area contributed by atoms with Crippen molar-refractivity contribution in [3.05, 3.63) is 20.3 Å². The first-order valence-corrected chi connectivity index (χ1v) is 6.64. The lowest BCUT2D eigenvalue weighted by Crippen LogP contribution is -2.25. The lowest BCUT2D eigenvalue weighted by Gasteiger charge is -2.26. The molecule has 0 atom stereocenters. The van der Waals surface area contributed by atoms with Crippen LogP contribution in [0.3, 0.4) is 0 Å². The van der Waals surface area contributed by atoms with Crippen molar-refractivity contribution in [2.45, 2.75) is 38.7 Å². The molecule has 0 saturated heterocycles. The highest BCUT2D eigenvalue weighted by molar-refractivity contribution is 14.1. The summed E-state index contributed by atoms with van der Waals surface area (Å²) < 4.78 is 6.32. The summed E-state index contributed by atoms with van der Waals surface area (Å²) in [4.78, 5) is 17.9. The van der Waals surface area contributed by atoms with Gasteiger partial charge in [-0.15, -0.1) is 0 Å². The van der Waals surface area contributed by atoms with Gasteiger partial charge in [-0.1, -0.05) is 6.92 Å². The number of aromatic amines is 1. The monoisotopic (exact) mass is 334 g/mol. The van der Waals surface area contributed by atoms with E-state index in [0.29, 0.717) is 9.45 Å². The molecule has 0 amide bonds. The molecule has 1 heterocycles. The Bertz CT molecular complexity index is 411. The van der Waals surface area contributed by atoms with E-state index in [1.54, 1.807) is 0 Å². The molecule has 1 N–H and O–H groups in total. The van der Waals surface area contributed by atoms with E-state index in [0.717, 1.165) is 18.8 Å². The topological polar surface area (TPSA) is 55.0 Å². The predicted molar refractivity (Wildman–Crippen MR) is 69.6 cm³/mol. The molecule has 1 saturated carbocycles. The minimum absolute atomic E-state index is 0.130. The van der Waals surface area contributed by atoms with Crippen LogP contribution < -0.4 is 10.3 Å². The van der Waals surface area contributed by atoms with Gasteiger partial charge in [-0.25, -0.2) is 4.98 Å². The van der Waals surface area contributed by atoms with E-state index in [4.69, 9.17) is 4.74 Å². The molecule has 0 unspecified atom stereocenters. The Morgan fingerprint density at radius 1 is 1.44 bits per heavy atom. The first-order valence-electron chi connectivity index (χ1n) is 5.56. The molecule has 2 rings (SSSR count). The minimum atomic E-state index is -0.130. The van der Waals surface area contributed by atoms with Gasteiger partial charge in [-0.05, 0) is 54.2 Å².